The van der Waals surface area contributed by atoms with E-state index in [1.807, 2.05) is 0 Å². The molecule has 2 rings (SSSR count). The zero-order valence-corrected chi connectivity index (χ0v) is 11.3. The standard InChI is InChI=1S/C12H15N3O6/c1-8-12(16,4-5-21-8)7-13-10-3-2-9(14(17)18)6-11(10)15(19)20/h2-3,6,8,13,16H,4-5,7H2,1H3. The van der Waals surface area contributed by atoms with Gasteiger partial charge in [-0.1, -0.05) is 0 Å². The van der Waals surface area contributed by atoms with Crippen LogP contribution >= 0.6 is 0 Å². The number of nitro benzene ring substituents is 2. The molecule has 2 atom stereocenters. The number of nitrogens with zero attached hydrogens (tertiary/aromatic N) is 2. The van der Waals surface area contributed by atoms with Crippen LogP contribution in [0.4, 0.5) is 17.1 Å². The Bertz CT molecular complexity index is 578. The van der Waals surface area contributed by atoms with Gasteiger partial charge in [0, 0.05) is 25.6 Å². The Balaban J connectivity index is 2.20. The van der Waals surface area contributed by atoms with Crippen LogP contribution in [0.1, 0.15) is 13.3 Å². The lowest BCUT2D eigenvalue weighted by atomic mass is 9.96. The van der Waals surface area contributed by atoms with Crippen LogP contribution in [-0.2, 0) is 4.74 Å². The highest BCUT2D eigenvalue weighted by molar-refractivity contribution is 5.65. The van der Waals surface area contributed by atoms with Gasteiger partial charge in [-0.2, -0.15) is 0 Å². The highest BCUT2D eigenvalue weighted by Gasteiger charge is 2.39. The van der Waals surface area contributed by atoms with Crippen LogP contribution in [0.2, 0.25) is 0 Å². The van der Waals surface area contributed by atoms with Gasteiger partial charge in [0.1, 0.15) is 11.3 Å². The average Bonchev–Trinajstić information content (AvgIpc) is 2.76. The molecule has 1 aliphatic heterocycles. The van der Waals surface area contributed by atoms with Crippen molar-refractivity contribution in [1.82, 2.24) is 0 Å². The van der Waals surface area contributed by atoms with E-state index < -0.39 is 21.1 Å². The summed E-state index contributed by atoms with van der Waals surface area (Å²) >= 11 is 0. The summed E-state index contributed by atoms with van der Waals surface area (Å²) in [6, 6.07) is 3.33. The molecule has 1 aromatic rings. The number of hydrogen-bond acceptors (Lipinski definition) is 7. The van der Waals surface area contributed by atoms with E-state index in [1.165, 1.54) is 12.1 Å². The number of anilines is 1. The fraction of sp³-hybridized carbons (Fsp3) is 0.500. The SMILES string of the molecule is CC1OCCC1(O)CNc1ccc([N+](=O)[O-])cc1[N+](=O)[O-]. The molecule has 1 fully saturated rings. The minimum absolute atomic E-state index is 0.0623. The number of aliphatic hydroxyl groups is 1. The molecule has 0 amide bonds. The van der Waals surface area contributed by atoms with Gasteiger partial charge in [0.05, 0.1) is 22.0 Å². The topological polar surface area (TPSA) is 128 Å². The Labute approximate surface area is 119 Å². The molecule has 2 unspecified atom stereocenters. The van der Waals surface area contributed by atoms with Crippen LogP contribution in [-0.4, -0.2) is 39.8 Å². The zero-order valence-electron chi connectivity index (χ0n) is 11.3. The molecule has 0 aliphatic carbocycles. The highest BCUT2D eigenvalue weighted by atomic mass is 16.6. The minimum atomic E-state index is -1.12. The van der Waals surface area contributed by atoms with Gasteiger partial charge in [-0.25, -0.2) is 0 Å². The lowest BCUT2D eigenvalue weighted by Gasteiger charge is -2.26. The predicted octanol–water partition coefficient (Wildman–Crippen LogP) is 1.45. The van der Waals surface area contributed by atoms with Crippen molar-refractivity contribution in [2.75, 3.05) is 18.5 Å². The first-order chi connectivity index (χ1) is 9.83. The Morgan fingerprint density at radius 2 is 2.14 bits per heavy atom. The number of hydrogen-bond donors (Lipinski definition) is 2. The summed E-state index contributed by atoms with van der Waals surface area (Å²) in [7, 11) is 0. The van der Waals surface area contributed by atoms with Crippen molar-refractivity contribution in [1.29, 1.82) is 0 Å². The van der Waals surface area contributed by atoms with Gasteiger partial charge < -0.3 is 15.2 Å². The predicted molar refractivity (Wildman–Crippen MR) is 73.2 cm³/mol. The summed E-state index contributed by atoms with van der Waals surface area (Å²) in [5, 5.41) is 34.8. The maximum Gasteiger partial charge on any atom is 0.299 e. The third-order valence-corrected chi connectivity index (χ3v) is 3.63. The second-order valence-corrected chi connectivity index (χ2v) is 4.94. The van der Waals surface area contributed by atoms with Crippen molar-refractivity contribution in [2.24, 2.45) is 0 Å². The third-order valence-electron chi connectivity index (χ3n) is 3.63. The fourth-order valence-electron chi connectivity index (χ4n) is 2.19. The maximum absolute atomic E-state index is 11.0. The van der Waals surface area contributed by atoms with E-state index >= 15 is 0 Å². The Kier molecular flexibility index (Phi) is 4.05. The summed E-state index contributed by atoms with van der Waals surface area (Å²) in [5.74, 6) is 0. The molecular weight excluding hydrogens is 282 g/mol. The zero-order chi connectivity index (χ0) is 15.6. The maximum atomic E-state index is 11.0. The number of nitro groups is 2. The van der Waals surface area contributed by atoms with E-state index in [4.69, 9.17) is 4.74 Å². The summed E-state index contributed by atoms with van der Waals surface area (Å²) in [6.07, 6.45) is 0.0317. The van der Waals surface area contributed by atoms with Crippen molar-refractivity contribution in [3.63, 3.8) is 0 Å². The first-order valence-electron chi connectivity index (χ1n) is 6.34. The van der Waals surface area contributed by atoms with E-state index in [-0.39, 0.29) is 24.0 Å². The van der Waals surface area contributed by atoms with Crippen molar-refractivity contribution >= 4 is 17.1 Å². The van der Waals surface area contributed by atoms with Gasteiger partial charge in [-0.3, -0.25) is 20.2 Å². The van der Waals surface area contributed by atoms with E-state index in [0.717, 1.165) is 6.07 Å². The van der Waals surface area contributed by atoms with Crippen LogP contribution in [0.25, 0.3) is 0 Å². The van der Waals surface area contributed by atoms with Gasteiger partial charge in [0.25, 0.3) is 11.4 Å². The number of rotatable bonds is 5. The second kappa shape index (κ2) is 5.62. The summed E-state index contributed by atoms with van der Waals surface area (Å²) < 4.78 is 5.27. The Hall–Kier alpha value is -2.26. The lowest BCUT2D eigenvalue weighted by Crippen LogP contribution is -2.43. The quantitative estimate of drug-likeness (QED) is 0.621. The monoisotopic (exact) mass is 297 g/mol. The first-order valence-corrected chi connectivity index (χ1v) is 6.34. The molecule has 9 heteroatoms. The smallest absolute Gasteiger partial charge is 0.299 e. The fourth-order valence-corrected chi connectivity index (χ4v) is 2.19. The van der Waals surface area contributed by atoms with Crippen molar-refractivity contribution in [3.05, 3.63) is 38.4 Å². The molecule has 1 aliphatic rings. The van der Waals surface area contributed by atoms with E-state index in [0.29, 0.717) is 13.0 Å². The summed E-state index contributed by atoms with van der Waals surface area (Å²) in [6.45, 7) is 2.20. The molecule has 21 heavy (non-hydrogen) atoms. The summed E-state index contributed by atoms with van der Waals surface area (Å²) in [5.41, 5.74) is -1.75. The van der Waals surface area contributed by atoms with Crippen LogP contribution in [0.5, 0.6) is 0 Å². The van der Waals surface area contributed by atoms with E-state index in [2.05, 4.69) is 5.32 Å². The highest BCUT2D eigenvalue weighted by Crippen LogP contribution is 2.31. The van der Waals surface area contributed by atoms with Crippen LogP contribution in [0.3, 0.4) is 0 Å². The second-order valence-electron chi connectivity index (χ2n) is 4.94. The van der Waals surface area contributed by atoms with Crippen LogP contribution < -0.4 is 5.32 Å². The third kappa shape index (κ3) is 3.09. The molecule has 0 radical (unpaired) electrons. The van der Waals surface area contributed by atoms with Crippen molar-refractivity contribution < 1.29 is 19.7 Å². The Morgan fingerprint density at radius 3 is 2.67 bits per heavy atom. The number of benzene rings is 1. The molecule has 114 valence electrons. The molecule has 0 aromatic heterocycles. The van der Waals surface area contributed by atoms with Crippen LogP contribution in [0.15, 0.2) is 18.2 Å². The molecule has 0 bridgehead atoms. The average molecular weight is 297 g/mol. The normalized spacial score (nSPS) is 24.8. The number of ether oxygens (including phenoxy) is 1. The van der Waals surface area contributed by atoms with Gasteiger partial charge in [-0.05, 0) is 13.0 Å². The molecule has 1 aromatic carbocycles. The Morgan fingerprint density at radius 1 is 1.43 bits per heavy atom. The van der Waals surface area contributed by atoms with Gasteiger partial charge in [0.15, 0.2) is 0 Å². The molecule has 1 saturated heterocycles. The van der Waals surface area contributed by atoms with Crippen molar-refractivity contribution in [2.45, 2.75) is 25.0 Å². The van der Waals surface area contributed by atoms with Gasteiger partial charge in [-0.15, -0.1) is 0 Å². The lowest BCUT2D eigenvalue weighted by molar-refractivity contribution is -0.393. The molecule has 9 nitrogen and oxygen atoms in total. The number of nitrogens with one attached hydrogen (secondary N) is 1. The van der Waals surface area contributed by atoms with Gasteiger partial charge in [0.2, 0.25) is 0 Å². The largest absolute Gasteiger partial charge is 0.385 e. The van der Waals surface area contributed by atoms with E-state index in [1.54, 1.807) is 6.92 Å². The molecular formula is C12H15N3O6. The van der Waals surface area contributed by atoms with Crippen LogP contribution in [0, 0.1) is 20.2 Å². The van der Waals surface area contributed by atoms with Crippen molar-refractivity contribution in [3.8, 4) is 0 Å². The first kappa shape index (κ1) is 15.1. The molecule has 1 heterocycles. The number of non-ortho nitro benzene ring substituents is 1. The molecule has 0 spiro atoms. The summed E-state index contributed by atoms with van der Waals surface area (Å²) in [4.78, 5) is 20.2. The molecule has 0 saturated carbocycles. The van der Waals surface area contributed by atoms with E-state index in [9.17, 15) is 25.3 Å². The minimum Gasteiger partial charge on any atom is -0.385 e. The van der Waals surface area contributed by atoms with Gasteiger partial charge >= 0.3 is 0 Å². The molecule has 2 N–H and O–H groups in total.